The van der Waals surface area contributed by atoms with Crippen molar-refractivity contribution in [1.29, 1.82) is 0 Å². The molecule has 0 saturated carbocycles. The maximum absolute atomic E-state index is 11.9. The van der Waals surface area contributed by atoms with Gasteiger partial charge in [0.25, 0.3) is 5.91 Å². The lowest BCUT2D eigenvalue weighted by atomic mass is 10.1. The van der Waals surface area contributed by atoms with Crippen LogP contribution in [0.3, 0.4) is 0 Å². The van der Waals surface area contributed by atoms with E-state index in [0.29, 0.717) is 12.3 Å². The summed E-state index contributed by atoms with van der Waals surface area (Å²) in [6.07, 6.45) is 3.51. The van der Waals surface area contributed by atoms with Crippen LogP contribution in [-0.2, 0) is 11.3 Å². The number of carbonyl (C=O) groups excluding carboxylic acids is 1. The Bertz CT molecular complexity index is 815. The molecule has 6 nitrogen and oxygen atoms in total. The maximum atomic E-state index is 11.9. The summed E-state index contributed by atoms with van der Waals surface area (Å²) in [7, 11) is 0. The summed E-state index contributed by atoms with van der Waals surface area (Å²) in [6.45, 7) is 2.24. The zero-order chi connectivity index (χ0) is 16.8. The summed E-state index contributed by atoms with van der Waals surface area (Å²) in [4.78, 5) is 16.0. The second-order valence-electron chi connectivity index (χ2n) is 5.23. The zero-order valence-electron chi connectivity index (χ0n) is 13.2. The molecule has 0 aliphatic rings. The normalized spacial score (nSPS) is 10.4. The van der Waals surface area contributed by atoms with Crippen LogP contribution in [0.2, 0.25) is 0 Å². The van der Waals surface area contributed by atoms with Gasteiger partial charge in [0, 0.05) is 18.0 Å². The van der Waals surface area contributed by atoms with E-state index in [9.17, 15) is 4.79 Å². The highest BCUT2D eigenvalue weighted by atomic mass is 16.5. The molecule has 2 aromatic heterocycles. The number of H-pyrrole nitrogens is 1. The number of aromatic amines is 1. The van der Waals surface area contributed by atoms with Gasteiger partial charge in [0.15, 0.2) is 6.61 Å². The number of hydrogen-bond acceptors (Lipinski definition) is 4. The van der Waals surface area contributed by atoms with Gasteiger partial charge in [-0.05, 0) is 48.9 Å². The minimum Gasteiger partial charge on any atom is -0.484 e. The molecule has 6 heteroatoms. The van der Waals surface area contributed by atoms with Crippen molar-refractivity contribution in [2.24, 2.45) is 0 Å². The number of carbonyl (C=O) groups is 1. The van der Waals surface area contributed by atoms with E-state index in [-0.39, 0.29) is 12.5 Å². The molecule has 0 aliphatic carbocycles. The fourth-order valence-electron chi connectivity index (χ4n) is 2.23. The molecular formula is C18H17N4O2. The summed E-state index contributed by atoms with van der Waals surface area (Å²) >= 11 is 0. The van der Waals surface area contributed by atoms with Gasteiger partial charge in [0.2, 0.25) is 0 Å². The molecule has 0 unspecified atom stereocenters. The molecule has 0 aliphatic heterocycles. The predicted molar refractivity (Wildman–Crippen MR) is 89.2 cm³/mol. The molecule has 1 amide bonds. The molecule has 1 aromatic carbocycles. The van der Waals surface area contributed by atoms with Crippen LogP contribution in [-0.4, -0.2) is 27.7 Å². The zero-order valence-corrected chi connectivity index (χ0v) is 13.2. The highest BCUT2D eigenvalue weighted by Crippen LogP contribution is 2.24. The number of aryl methyl sites for hydroxylation is 1. The molecule has 0 saturated heterocycles. The van der Waals surface area contributed by atoms with Crippen molar-refractivity contribution < 1.29 is 9.53 Å². The van der Waals surface area contributed by atoms with Crippen molar-refractivity contribution in [2.75, 3.05) is 6.61 Å². The molecule has 0 spiro atoms. The number of ether oxygens (including phenoxy) is 1. The van der Waals surface area contributed by atoms with E-state index in [0.717, 1.165) is 22.5 Å². The van der Waals surface area contributed by atoms with Gasteiger partial charge in [-0.2, -0.15) is 5.10 Å². The number of pyridine rings is 1. The summed E-state index contributed by atoms with van der Waals surface area (Å²) < 4.78 is 5.54. The highest BCUT2D eigenvalue weighted by Gasteiger charge is 2.07. The molecule has 121 valence electrons. The molecule has 3 rings (SSSR count). The third-order valence-electron chi connectivity index (χ3n) is 3.47. The van der Waals surface area contributed by atoms with Crippen LogP contribution >= 0.6 is 0 Å². The maximum Gasteiger partial charge on any atom is 0.258 e. The SMILES string of the molecule is Cc1n[nH]cc1-c1c[c]cc(OCC(=O)NCc2ccccn2)c1. The van der Waals surface area contributed by atoms with Crippen molar-refractivity contribution >= 4 is 5.91 Å². The fraction of sp³-hybridized carbons (Fsp3) is 0.167. The number of benzene rings is 1. The third-order valence-corrected chi connectivity index (χ3v) is 3.47. The van der Waals surface area contributed by atoms with Crippen molar-refractivity contribution in [3.8, 4) is 16.9 Å². The van der Waals surface area contributed by atoms with Gasteiger partial charge >= 0.3 is 0 Å². The first kappa shape index (κ1) is 15.7. The Morgan fingerprint density at radius 1 is 1.38 bits per heavy atom. The molecule has 0 atom stereocenters. The Balaban J connectivity index is 1.55. The Morgan fingerprint density at radius 3 is 3.04 bits per heavy atom. The number of nitrogens with one attached hydrogen (secondary N) is 2. The van der Waals surface area contributed by atoms with Crippen molar-refractivity contribution in [3.63, 3.8) is 0 Å². The molecule has 24 heavy (non-hydrogen) atoms. The number of hydrogen-bond donors (Lipinski definition) is 2. The lowest BCUT2D eigenvalue weighted by Crippen LogP contribution is -2.28. The van der Waals surface area contributed by atoms with E-state index in [1.807, 2.05) is 43.5 Å². The molecule has 1 radical (unpaired) electrons. The van der Waals surface area contributed by atoms with Gasteiger partial charge in [-0.15, -0.1) is 0 Å². The second-order valence-corrected chi connectivity index (χ2v) is 5.23. The van der Waals surface area contributed by atoms with E-state index < -0.39 is 0 Å². The summed E-state index contributed by atoms with van der Waals surface area (Å²) in [6, 6.07) is 14.0. The molecule has 3 aromatic rings. The Morgan fingerprint density at radius 2 is 2.29 bits per heavy atom. The monoisotopic (exact) mass is 321 g/mol. The number of rotatable bonds is 6. The van der Waals surface area contributed by atoms with E-state index in [1.165, 1.54) is 0 Å². The molecular weight excluding hydrogens is 304 g/mol. The van der Waals surface area contributed by atoms with E-state index >= 15 is 0 Å². The smallest absolute Gasteiger partial charge is 0.258 e. The number of nitrogens with zero attached hydrogens (tertiary/aromatic N) is 2. The van der Waals surface area contributed by atoms with Crippen LogP contribution in [0.5, 0.6) is 5.75 Å². The van der Waals surface area contributed by atoms with Crippen LogP contribution < -0.4 is 10.1 Å². The summed E-state index contributed by atoms with van der Waals surface area (Å²) in [5.41, 5.74) is 3.62. The summed E-state index contributed by atoms with van der Waals surface area (Å²) in [5.74, 6) is 0.381. The average molecular weight is 321 g/mol. The summed E-state index contributed by atoms with van der Waals surface area (Å²) in [5, 5.41) is 9.69. The van der Waals surface area contributed by atoms with Gasteiger partial charge in [0.1, 0.15) is 5.75 Å². The minimum absolute atomic E-state index is 0.0610. The Hall–Kier alpha value is -3.15. The Kier molecular flexibility index (Phi) is 4.86. The van der Waals surface area contributed by atoms with Gasteiger partial charge in [0.05, 0.1) is 17.9 Å². The number of aromatic nitrogens is 3. The topological polar surface area (TPSA) is 79.9 Å². The Labute approximate surface area is 139 Å². The average Bonchev–Trinajstić information content (AvgIpc) is 3.05. The van der Waals surface area contributed by atoms with Crippen LogP contribution in [0.25, 0.3) is 11.1 Å². The van der Waals surface area contributed by atoms with Crippen LogP contribution in [0, 0.1) is 13.0 Å². The second kappa shape index (κ2) is 7.41. The van der Waals surface area contributed by atoms with E-state index in [1.54, 1.807) is 12.3 Å². The largest absolute Gasteiger partial charge is 0.484 e. The van der Waals surface area contributed by atoms with Crippen molar-refractivity contribution in [1.82, 2.24) is 20.5 Å². The van der Waals surface area contributed by atoms with Gasteiger partial charge in [-0.25, -0.2) is 0 Å². The third kappa shape index (κ3) is 3.98. The van der Waals surface area contributed by atoms with Crippen molar-refractivity contribution in [3.05, 3.63) is 66.2 Å². The molecule has 0 fully saturated rings. The molecule has 2 heterocycles. The predicted octanol–water partition coefficient (Wildman–Crippen LogP) is 2.28. The van der Waals surface area contributed by atoms with Crippen LogP contribution in [0.15, 0.2) is 48.8 Å². The first-order chi connectivity index (χ1) is 11.7. The lowest BCUT2D eigenvalue weighted by Gasteiger charge is -2.08. The highest BCUT2D eigenvalue weighted by molar-refractivity contribution is 5.77. The minimum atomic E-state index is -0.203. The van der Waals surface area contributed by atoms with Gasteiger partial charge < -0.3 is 10.1 Å². The number of amides is 1. The molecule has 2 N–H and O–H groups in total. The first-order valence-electron chi connectivity index (χ1n) is 7.53. The lowest BCUT2D eigenvalue weighted by molar-refractivity contribution is -0.123. The molecule has 0 bridgehead atoms. The standard InChI is InChI=1S/C18H17N4O2/c1-13-17(11-21-22-13)14-5-4-7-16(9-14)24-12-18(23)20-10-15-6-2-3-8-19-15/h2-3,5-9,11H,10,12H2,1H3,(H,20,23)(H,21,22). The van der Waals surface area contributed by atoms with Gasteiger partial charge in [-0.1, -0.05) is 6.07 Å². The van der Waals surface area contributed by atoms with Crippen LogP contribution in [0.1, 0.15) is 11.4 Å². The quantitative estimate of drug-likeness (QED) is 0.730. The van der Waals surface area contributed by atoms with E-state index in [2.05, 4.69) is 26.6 Å². The van der Waals surface area contributed by atoms with Gasteiger partial charge in [-0.3, -0.25) is 14.9 Å². The fourth-order valence-corrected chi connectivity index (χ4v) is 2.23. The first-order valence-corrected chi connectivity index (χ1v) is 7.53. The van der Waals surface area contributed by atoms with Crippen LogP contribution in [0.4, 0.5) is 0 Å². The van der Waals surface area contributed by atoms with E-state index in [4.69, 9.17) is 4.74 Å². The van der Waals surface area contributed by atoms with Crippen molar-refractivity contribution in [2.45, 2.75) is 13.5 Å².